The highest BCUT2D eigenvalue weighted by Crippen LogP contribution is 2.15. The van der Waals surface area contributed by atoms with Crippen molar-refractivity contribution in [2.75, 3.05) is 59.5 Å². The van der Waals surface area contributed by atoms with Crippen LogP contribution in [0.25, 0.3) is 0 Å². The SMILES string of the molecule is CCCCCCCCCCCCCCCC(=O)OC[C@@H](COC(=O)COCC(O)COCC(O)COCC(O)CO)OC(=O)CCCCCCCCCCCCCCC. The molecule has 13 heteroatoms. The molecule has 0 aliphatic carbocycles. The van der Waals surface area contributed by atoms with Gasteiger partial charge in [-0.25, -0.2) is 4.79 Å². The molecule has 0 spiro atoms. The minimum Gasteiger partial charge on any atom is -0.462 e. The summed E-state index contributed by atoms with van der Waals surface area (Å²) in [5.74, 6) is -1.55. The largest absolute Gasteiger partial charge is 0.462 e. The fourth-order valence-corrected chi connectivity index (χ4v) is 6.53. The first kappa shape index (κ1) is 57.1. The van der Waals surface area contributed by atoms with Crippen molar-refractivity contribution in [1.82, 2.24) is 0 Å². The maximum Gasteiger partial charge on any atom is 0.332 e. The maximum atomic E-state index is 12.7. The molecule has 0 aromatic rings. The van der Waals surface area contributed by atoms with Crippen LogP contribution in [0.15, 0.2) is 0 Å². The first-order valence-corrected chi connectivity index (χ1v) is 23.6. The molecule has 350 valence electrons. The van der Waals surface area contributed by atoms with E-state index in [1.54, 1.807) is 0 Å². The lowest BCUT2D eigenvalue weighted by Crippen LogP contribution is -2.32. The Kier molecular flexibility index (Phi) is 42.8. The Morgan fingerprint density at radius 2 is 0.712 bits per heavy atom. The number of aliphatic hydroxyl groups is 4. The molecule has 0 amide bonds. The molecule has 0 aromatic heterocycles. The van der Waals surface area contributed by atoms with Crippen LogP contribution in [0.1, 0.15) is 194 Å². The van der Waals surface area contributed by atoms with E-state index in [1.165, 1.54) is 122 Å². The number of esters is 3. The number of unbranched alkanes of at least 4 members (excludes halogenated alkanes) is 24. The number of aliphatic hydroxyl groups excluding tert-OH is 4. The molecule has 0 bridgehead atoms. The first-order chi connectivity index (χ1) is 28.7. The van der Waals surface area contributed by atoms with E-state index in [2.05, 4.69) is 13.8 Å². The summed E-state index contributed by atoms with van der Waals surface area (Å²) in [6.07, 6.45) is 27.8. The molecule has 0 radical (unpaired) electrons. The van der Waals surface area contributed by atoms with Crippen molar-refractivity contribution in [2.45, 2.75) is 218 Å². The van der Waals surface area contributed by atoms with Crippen LogP contribution in [0.2, 0.25) is 0 Å². The van der Waals surface area contributed by atoms with Gasteiger partial charge >= 0.3 is 17.9 Å². The van der Waals surface area contributed by atoms with Gasteiger partial charge in [-0.3, -0.25) is 9.59 Å². The second kappa shape index (κ2) is 44.2. The van der Waals surface area contributed by atoms with Crippen molar-refractivity contribution in [3.8, 4) is 0 Å². The summed E-state index contributed by atoms with van der Waals surface area (Å²) < 4.78 is 31.8. The van der Waals surface area contributed by atoms with Crippen LogP contribution in [0.3, 0.4) is 0 Å². The van der Waals surface area contributed by atoms with Crippen molar-refractivity contribution >= 4 is 17.9 Å². The second-order valence-electron chi connectivity index (χ2n) is 16.2. The standard InChI is InChI=1S/C46H88O13/c1-3-5-7-9-11-13-15-17-19-21-23-25-27-29-44(51)57-37-43(59-45(52)30-28-26-24-22-20-18-16-14-12-10-8-6-4-2)38-58-46(53)39-56-36-42(50)35-55-34-41(49)33-54-32-40(48)31-47/h40-43,47-50H,3-39H2,1-2H3/t40?,41?,42?,43-/m0/s1. The lowest BCUT2D eigenvalue weighted by atomic mass is 10.0. The molecule has 4 N–H and O–H groups in total. The van der Waals surface area contributed by atoms with Gasteiger partial charge in [0.25, 0.3) is 0 Å². The topological polar surface area (TPSA) is 188 Å². The molecule has 0 rings (SSSR count). The first-order valence-electron chi connectivity index (χ1n) is 23.6. The summed E-state index contributed by atoms with van der Waals surface area (Å²) in [4.78, 5) is 37.6. The Bertz CT molecular complexity index is 937. The average molecular weight is 849 g/mol. The predicted molar refractivity (Wildman–Crippen MR) is 230 cm³/mol. The molecule has 0 aliphatic rings. The molecule has 3 unspecified atom stereocenters. The fraction of sp³-hybridized carbons (Fsp3) is 0.935. The number of carbonyl (C=O) groups excluding carboxylic acids is 3. The van der Waals surface area contributed by atoms with Crippen LogP contribution < -0.4 is 0 Å². The van der Waals surface area contributed by atoms with Gasteiger partial charge in [0, 0.05) is 12.8 Å². The van der Waals surface area contributed by atoms with Crippen molar-refractivity contribution < 1.29 is 63.2 Å². The highest BCUT2D eigenvalue weighted by atomic mass is 16.6. The highest BCUT2D eigenvalue weighted by Gasteiger charge is 2.20. The molecule has 0 aromatic carbocycles. The van der Waals surface area contributed by atoms with Crippen molar-refractivity contribution in [3.05, 3.63) is 0 Å². The van der Waals surface area contributed by atoms with Gasteiger partial charge in [0.05, 0.1) is 39.6 Å². The number of hydrogen-bond acceptors (Lipinski definition) is 13. The number of hydrogen-bond donors (Lipinski definition) is 4. The van der Waals surface area contributed by atoms with Crippen molar-refractivity contribution in [2.24, 2.45) is 0 Å². The maximum absolute atomic E-state index is 12.7. The Hall–Kier alpha value is -1.87. The molecular weight excluding hydrogens is 760 g/mol. The Morgan fingerprint density at radius 3 is 1.10 bits per heavy atom. The normalized spacial score (nSPS) is 13.5. The van der Waals surface area contributed by atoms with Gasteiger partial charge in [0.2, 0.25) is 0 Å². The van der Waals surface area contributed by atoms with E-state index in [0.29, 0.717) is 6.42 Å². The van der Waals surface area contributed by atoms with E-state index in [9.17, 15) is 29.7 Å². The molecule has 0 aliphatic heterocycles. The Morgan fingerprint density at radius 1 is 0.390 bits per heavy atom. The molecule has 59 heavy (non-hydrogen) atoms. The van der Waals surface area contributed by atoms with Gasteiger partial charge in [0.15, 0.2) is 6.10 Å². The van der Waals surface area contributed by atoms with Crippen LogP contribution in [-0.4, -0.2) is 122 Å². The van der Waals surface area contributed by atoms with E-state index >= 15 is 0 Å². The van der Waals surface area contributed by atoms with Gasteiger partial charge in [-0.05, 0) is 12.8 Å². The van der Waals surface area contributed by atoms with E-state index in [4.69, 9.17) is 33.5 Å². The van der Waals surface area contributed by atoms with Crippen LogP contribution in [0, 0.1) is 0 Å². The number of rotatable bonds is 46. The molecule has 13 nitrogen and oxygen atoms in total. The summed E-state index contributed by atoms with van der Waals surface area (Å²) in [6.45, 7) is 2.23. The van der Waals surface area contributed by atoms with Crippen LogP contribution in [-0.2, 0) is 42.8 Å². The van der Waals surface area contributed by atoms with Gasteiger partial charge in [0.1, 0.15) is 38.1 Å². The third-order valence-electron chi connectivity index (χ3n) is 10.1. The smallest absolute Gasteiger partial charge is 0.332 e. The minimum atomic E-state index is -1.08. The number of carbonyl (C=O) groups is 3. The van der Waals surface area contributed by atoms with Gasteiger partial charge in [-0.15, -0.1) is 0 Å². The number of ether oxygens (including phenoxy) is 6. The molecule has 4 atom stereocenters. The van der Waals surface area contributed by atoms with Crippen LogP contribution >= 0.6 is 0 Å². The van der Waals surface area contributed by atoms with Crippen LogP contribution in [0.5, 0.6) is 0 Å². The summed E-state index contributed by atoms with van der Waals surface area (Å²) in [5.41, 5.74) is 0. The van der Waals surface area contributed by atoms with Crippen molar-refractivity contribution in [3.63, 3.8) is 0 Å². The van der Waals surface area contributed by atoms with Crippen molar-refractivity contribution in [1.29, 1.82) is 0 Å². The molecule has 0 saturated heterocycles. The lowest BCUT2D eigenvalue weighted by Gasteiger charge is -2.18. The third-order valence-corrected chi connectivity index (χ3v) is 10.1. The molecule has 0 saturated carbocycles. The zero-order valence-corrected chi connectivity index (χ0v) is 37.4. The third kappa shape index (κ3) is 42.6. The van der Waals surface area contributed by atoms with E-state index in [0.717, 1.165) is 38.5 Å². The molecule has 0 heterocycles. The average Bonchev–Trinajstić information content (AvgIpc) is 3.22. The highest BCUT2D eigenvalue weighted by molar-refractivity contribution is 5.71. The Labute approximate surface area is 358 Å². The van der Waals surface area contributed by atoms with E-state index in [1.807, 2.05) is 0 Å². The summed E-state index contributed by atoms with van der Waals surface area (Å²) in [7, 11) is 0. The lowest BCUT2D eigenvalue weighted by molar-refractivity contribution is -0.168. The fourth-order valence-electron chi connectivity index (χ4n) is 6.53. The molecular formula is C46H88O13. The zero-order valence-electron chi connectivity index (χ0n) is 37.4. The predicted octanol–water partition coefficient (Wildman–Crippen LogP) is 8.07. The minimum absolute atomic E-state index is 0.121. The quantitative estimate of drug-likeness (QED) is 0.0262. The van der Waals surface area contributed by atoms with Gasteiger partial charge in [-0.1, -0.05) is 168 Å². The Balaban J connectivity index is 4.47. The van der Waals surface area contributed by atoms with Crippen LogP contribution in [0.4, 0.5) is 0 Å². The van der Waals surface area contributed by atoms with Gasteiger partial charge < -0.3 is 48.8 Å². The van der Waals surface area contributed by atoms with E-state index in [-0.39, 0.29) is 65.1 Å². The zero-order chi connectivity index (χ0) is 43.4. The monoisotopic (exact) mass is 849 g/mol. The molecule has 0 fully saturated rings. The summed E-state index contributed by atoms with van der Waals surface area (Å²) in [5, 5.41) is 37.9. The summed E-state index contributed by atoms with van der Waals surface area (Å²) >= 11 is 0. The van der Waals surface area contributed by atoms with E-state index < -0.39 is 49.6 Å². The van der Waals surface area contributed by atoms with Gasteiger partial charge in [-0.2, -0.15) is 0 Å². The summed E-state index contributed by atoms with van der Waals surface area (Å²) in [6, 6.07) is 0. The second-order valence-corrected chi connectivity index (χ2v) is 16.2.